The third-order valence-corrected chi connectivity index (χ3v) is 2.81. The fraction of sp³-hybridized carbons (Fsp3) is 0.538. The van der Waals surface area contributed by atoms with Crippen LogP contribution in [0.1, 0.15) is 31.4 Å². The van der Waals surface area contributed by atoms with Crippen LogP contribution in [-0.2, 0) is 12.8 Å². The number of ether oxygens (including phenoxy) is 1. The number of rotatable bonds is 3. The van der Waals surface area contributed by atoms with Crippen LogP contribution < -0.4 is 4.74 Å². The molecule has 0 radical (unpaired) electrons. The largest absolute Gasteiger partial charge is 0.490 e. The van der Waals surface area contributed by atoms with E-state index in [1.54, 1.807) is 0 Å². The highest BCUT2D eigenvalue weighted by Gasteiger charge is 2.18. The Bertz CT molecular complexity index is 344. The highest BCUT2D eigenvalue weighted by Crippen LogP contribution is 2.29. The van der Waals surface area contributed by atoms with Crippen molar-refractivity contribution in [3.8, 4) is 5.75 Å². The van der Waals surface area contributed by atoms with Crippen molar-refractivity contribution in [3.63, 3.8) is 0 Å². The van der Waals surface area contributed by atoms with Gasteiger partial charge in [0, 0.05) is 6.42 Å². The highest BCUT2D eigenvalue weighted by molar-refractivity contribution is 5.40. The Labute approximate surface area is 90.9 Å². The van der Waals surface area contributed by atoms with E-state index in [9.17, 15) is 5.11 Å². The van der Waals surface area contributed by atoms with Crippen LogP contribution in [0.4, 0.5) is 0 Å². The van der Waals surface area contributed by atoms with Crippen LogP contribution in [0.25, 0.3) is 0 Å². The molecule has 0 amide bonds. The van der Waals surface area contributed by atoms with Gasteiger partial charge in [0.2, 0.25) is 0 Å². The lowest BCUT2D eigenvalue weighted by Crippen LogP contribution is -2.05. The molecule has 0 saturated heterocycles. The number of hydrogen-bond donors (Lipinski definition) is 1. The van der Waals surface area contributed by atoms with E-state index in [-0.39, 0.29) is 6.10 Å². The van der Waals surface area contributed by atoms with Crippen molar-refractivity contribution >= 4 is 0 Å². The van der Waals surface area contributed by atoms with Gasteiger partial charge < -0.3 is 9.84 Å². The zero-order valence-corrected chi connectivity index (χ0v) is 9.36. The van der Waals surface area contributed by atoms with Crippen molar-refractivity contribution in [2.24, 2.45) is 0 Å². The second kappa shape index (κ2) is 4.23. The summed E-state index contributed by atoms with van der Waals surface area (Å²) >= 11 is 0. The van der Waals surface area contributed by atoms with E-state index >= 15 is 0 Å². The van der Waals surface area contributed by atoms with Crippen molar-refractivity contribution in [1.29, 1.82) is 0 Å². The van der Waals surface area contributed by atoms with E-state index in [1.807, 2.05) is 6.92 Å². The SMILES string of the molecule is CC1Cc2cc(CC[C@H](C)O)ccc2O1. The van der Waals surface area contributed by atoms with Gasteiger partial charge >= 0.3 is 0 Å². The number of hydrogen-bond acceptors (Lipinski definition) is 2. The number of aliphatic hydroxyl groups is 1. The molecule has 0 fully saturated rings. The van der Waals surface area contributed by atoms with E-state index < -0.39 is 0 Å². The maximum atomic E-state index is 9.22. The van der Waals surface area contributed by atoms with Crippen molar-refractivity contribution in [1.82, 2.24) is 0 Å². The predicted molar refractivity (Wildman–Crippen MR) is 60.2 cm³/mol. The molecular weight excluding hydrogens is 188 g/mol. The first-order chi connectivity index (χ1) is 7.15. The molecule has 2 rings (SSSR count). The van der Waals surface area contributed by atoms with Crippen LogP contribution in [0, 0.1) is 0 Å². The van der Waals surface area contributed by atoms with Gasteiger partial charge in [0.05, 0.1) is 6.10 Å². The summed E-state index contributed by atoms with van der Waals surface area (Å²) < 4.78 is 5.64. The Morgan fingerprint density at radius 1 is 1.53 bits per heavy atom. The molecule has 15 heavy (non-hydrogen) atoms. The third-order valence-electron chi connectivity index (χ3n) is 2.81. The van der Waals surface area contributed by atoms with Crippen LogP contribution in [0.5, 0.6) is 5.75 Å². The summed E-state index contributed by atoms with van der Waals surface area (Å²) in [6, 6.07) is 6.36. The lowest BCUT2D eigenvalue weighted by atomic mass is 10.0. The molecule has 2 nitrogen and oxygen atoms in total. The van der Waals surface area contributed by atoms with E-state index in [0.29, 0.717) is 6.10 Å². The molecule has 1 aromatic rings. The smallest absolute Gasteiger partial charge is 0.123 e. The molecule has 0 aromatic heterocycles. The van der Waals surface area contributed by atoms with Crippen molar-refractivity contribution < 1.29 is 9.84 Å². The molecule has 0 bridgehead atoms. The lowest BCUT2D eigenvalue weighted by Gasteiger charge is -2.06. The van der Waals surface area contributed by atoms with Crippen LogP contribution in [0.15, 0.2) is 18.2 Å². The monoisotopic (exact) mass is 206 g/mol. The van der Waals surface area contributed by atoms with Gasteiger partial charge in [-0.1, -0.05) is 12.1 Å². The molecule has 1 unspecified atom stereocenters. The number of aliphatic hydroxyl groups excluding tert-OH is 1. The molecule has 1 N–H and O–H groups in total. The molecule has 82 valence electrons. The second-order valence-electron chi connectivity index (χ2n) is 4.46. The van der Waals surface area contributed by atoms with Crippen LogP contribution >= 0.6 is 0 Å². The minimum Gasteiger partial charge on any atom is -0.490 e. The van der Waals surface area contributed by atoms with Gasteiger partial charge in [-0.3, -0.25) is 0 Å². The molecule has 2 atom stereocenters. The molecular formula is C13H18O2. The summed E-state index contributed by atoms with van der Waals surface area (Å²) in [5.74, 6) is 1.03. The quantitative estimate of drug-likeness (QED) is 0.822. The van der Waals surface area contributed by atoms with Gasteiger partial charge in [-0.2, -0.15) is 0 Å². The van der Waals surface area contributed by atoms with Gasteiger partial charge in [0.15, 0.2) is 0 Å². The summed E-state index contributed by atoms with van der Waals surface area (Å²) in [5, 5.41) is 9.22. The molecule has 0 saturated carbocycles. The van der Waals surface area contributed by atoms with Crippen LogP contribution in [0.3, 0.4) is 0 Å². The van der Waals surface area contributed by atoms with Crippen molar-refractivity contribution in [2.45, 2.75) is 45.3 Å². The topological polar surface area (TPSA) is 29.5 Å². The summed E-state index contributed by atoms with van der Waals surface area (Å²) in [7, 11) is 0. The number of benzene rings is 1. The minimum absolute atomic E-state index is 0.214. The number of fused-ring (bicyclic) bond motifs is 1. The molecule has 0 spiro atoms. The maximum Gasteiger partial charge on any atom is 0.123 e. The zero-order valence-electron chi connectivity index (χ0n) is 9.36. The van der Waals surface area contributed by atoms with E-state index in [0.717, 1.165) is 25.0 Å². The van der Waals surface area contributed by atoms with Gasteiger partial charge in [-0.15, -0.1) is 0 Å². The molecule has 1 aliphatic heterocycles. The molecule has 0 aliphatic carbocycles. The molecule has 2 heteroatoms. The Balaban J connectivity index is 2.06. The second-order valence-corrected chi connectivity index (χ2v) is 4.46. The average Bonchev–Trinajstić information content (AvgIpc) is 2.53. The Kier molecular flexibility index (Phi) is 2.96. The minimum atomic E-state index is -0.214. The number of aryl methyl sites for hydroxylation is 1. The highest BCUT2D eigenvalue weighted by atomic mass is 16.5. The van der Waals surface area contributed by atoms with E-state index in [1.165, 1.54) is 11.1 Å². The summed E-state index contributed by atoms with van der Waals surface area (Å²) in [6.45, 7) is 3.92. The molecule has 1 aromatic carbocycles. The van der Waals surface area contributed by atoms with Gasteiger partial charge in [0.1, 0.15) is 11.9 Å². The maximum absolute atomic E-state index is 9.22. The van der Waals surface area contributed by atoms with Crippen LogP contribution in [0.2, 0.25) is 0 Å². The van der Waals surface area contributed by atoms with Crippen LogP contribution in [-0.4, -0.2) is 17.3 Å². The summed E-state index contributed by atoms with van der Waals surface area (Å²) in [5.41, 5.74) is 2.61. The first-order valence-electron chi connectivity index (χ1n) is 5.61. The predicted octanol–water partition coefficient (Wildman–Crippen LogP) is 2.32. The Hall–Kier alpha value is -1.02. The molecule has 1 aliphatic rings. The van der Waals surface area contributed by atoms with E-state index in [4.69, 9.17) is 4.74 Å². The van der Waals surface area contributed by atoms with Crippen molar-refractivity contribution in [2.75, 3.05) is 0 Å². The summed E-state index contributed by atoms with van der Waals surface area (Å²) in [6.07, 6.45) is 2.88. The summed E-state index contributed by atoms with van der Waals surface area (Å²) in [4.78, 5) is 0. The first-order valence-corrected chi connectivity index (χ1v) is 5.61. The van der Waals surface area contributed by atoms with E-state index in [2.05, 4.69) is 25.1 Å². The Morgan fingerprint density at radius 2 is 2.33 bits per heavy atom. The first kappa shape index (κ1) is 10.5. The third kappa shape index (κ3) is 2.51. The molecule has 1 heterocycles. The zero-order chi connectivity index (χ0) is 10.8. The van der Waals surface area contributed by atoms with Crippen molar-refractivity contribution in [3.05, 3.63) is 29.3 Å². The standard InChI is InChI=1S/C13H18O2/c1-9(14)3-4-11-5-6-13-12(8-11)7-10(2)15-13/h5-6,8-10,14H,3-4,7H2,1-2H3/t9-,10?/m0/s1. The van der Waals surface area contributed by atoms with Gasteiger partial charge in [-0.05, 0) is 43.9 Å². The normalized spacial score (nSPS) is 20.9. The average molecular weight is 206 g/mol. The Morgan fingerprint density at radius 3 is 3.07 bits per heavy atom. The lowest BCUT2D eigenvalue weighted by molar-refractivity contribution is 0.185. The fourth-order valence-corrected chi connectivity index (χ4v) is 2.01. The fourth-order valence-electron chi connectivity index (χ4n) is 2.01. The van der Waals surface area contributed by atoms with Gasteiger partial charge in [0.25, 0.3) is 0 Å². The van der Waals surface area contributed by atoms with Gasteiger partial charge in [-0.25, -0.2) is 0 Å².